The van der Waals surface area contributed by atoms with Gasteiger partial charge in [0.05, 0.1) is 4.90 Å². The fourth-order valence-corrected chi connectivity index (χ4v) is 2.80. The van der Waals surface area contributed by atoms with Gasteiger partial charge in [-0.25, -0.2) is 8.42 Å². The quantitative estimate of drug-likeness (QED) is 0.764. The van der Waals surface area contributed by atoms with Crippen molar-refractivity contribution in [2.75, 3.05) is 12.0 Å². The summed E-state index contributed by atoms with van der Waals surface area (Å²) in [6.07, 6.45) is 2.57. The first-order valence-electron chi connectivity index (χ1n) is 7.15. The van der Waals surface area contributed by atoms with Crippen LogP contribution in [0.15, 0.2) is 64.2 Å². The Hall–Kier alpha value is -2.80. The molecule has 3 aromatic rings. The average molecular weight is 344 g/mol. The van der Waals surface area contributed by atoms with E-state index in [1.54, 1.807) is 12.1 Å². The summed E-state index contributed by atoms with van der Waals surface area (Å²) < 4.78 is 33.3. The Morgan fingerprint density at radius 1 is 1.08 bits per heavy atom. The molecule has 2 N–H and O–H groups in total. The summed E-state index contributed by atoms with van der Waals surface area (Å²) in [5.74, 6) is 0.604. The molecule has 0 saturated carbocycles. The summed E-state index contributed by atoms with van der Waals surface area (Å²) >= 11 is 0. The molecule has 1 heterocycles. The summed E-state index contributed by atoms with van der Waals surface area (Å²) in [7, 11) is -3.20. The van der Waals surface area contributed by atoms with Gasteiger partial charge in [-0.2, -0.15) is 0 Å². The van der Waals surface area contributed by atoms with E-state index in [9.17, 15) is 8.42 Å². The van der Waals surface area contributed by atoms with Crippen LogP contribution in [-0.2, 0) is 16.4 Å². The molecule has 0 aliphatic carbocycles. The molecule has 0 spiro atoms. The van der Waals surface area contributed by atoms with E-state index >= 15 is 0 Å². The van der Waals surface area contributed by atoms with Gasteiger partial charge in [0.25, 0.3) is 0 Å². The third-order valence-corrected chi connectivity index (χ3v) is 4.61. The Morgan fingerprint density at radius 3 is 2.29 bits per heavy atom. The highest BCUT2D eigenvalue weighted by Gasteiger charge is 2.08. The lowest BCUT2D eigenvalue weighted by Gasteiger charge is -2.07. The van der Waals surface area contributed by atoms with Crippen LogP contribution in [0, 0.1) is 0 Å². The molecule has 124 valence electrons. The van der Waals surface area contributed by atoms with Crippen molar-refractivity contribution in [1.82, 2.24) is 5.16 Å². The minimum absolute atomic E-state index is 0.268. The van der Waals surface area contributed by atoms with Gasteiger partial charge >= 0.3 is 0 Å². The van der Waals surface area contributed by atoms with Gasteiger partial charge in [0.15, 0.2) is 9.84 Å². The lowest BCUT2D eigenvalue weighted by molar-refractivity contribution is 0.306. The predicted octanol–water partition coefficient (Wildman–Crippen LogP) is 2.91. The third-order valence-electron chi connectivity index (χ3n) is 3.48. The Balaban J connectivity index is 1.66. The molecule has 24 heavy (non-hydrogen) atoms. The molecule has 0 aliphatic rings. The monoisotopic (exact) mass is 344 g/mol. The Bertz CT molecular complexity index is 929. The molecule has 0 radical (unpaired) electrons. The van der Waals surface area contributed by atoms with Crippen LogP contribution >= 0.6 is 0 Å². The molecule has 0 bridgehead atoms. The lowest BCUT2D eigenvalue weighted by atomic mass is 10.1. The van der Waals surface area contributed by atoms with E-state index in [0.29, 0.717) is 23.7 Å². The number of sulfone groups is 1. The van der Waals surface area contributed by atoms with Crippen molar-refractivity contribution >= 4 is 15.5 Å². The van der Waals surface area contributed by atoms with Crippen LogP contribution in [0.3, 0.4) is 0 Å². The minimum Gasteiger partial charge on any atom is -0.489 e. The number of nitrogen functional groups attached to an aromatic ring is 1. The van der Waals surface area contributed by atoms with Crippen molar-refractivity contribution in [3.8, 4) is 17.0 Å². The molecule has 3 rings (SSSR count). The molecular weight excluding hydrogens is 328 g/mol. The highest BCUT2D eigenvalue weighted by molar-refractivity contribution is 7.90. The highest BCUT2D eigenvalue weighted by Crippen LogP contribution is 2.24. The summed E-state index contributed by atoms with van der Waals surface area (Å²) in [5.41, 5.74) is 8.69. The predicted molar refractivity (Wildman–Crippen MR) is 90.2 cm³/mol. The second-order valence-corrected chi connectivity index (χ2v) is 7.36. The number of benzene rings is 2. The van der Waals surface area contributed by atoms with Crippen molar-refractivity contribution in [2.45, 2.75) is 11.5 Å². The Labute approximate surface area is 139 Å². The smallest absolute Gasteiger partial charge is 0.175 e. The van der Waals surface area contributed by atoms with Crippen LogP contribution in [0.5, 0.6) is 5.75 Å². The molecule has 2 aromatic carbocycles. The zero-order chi connectivity index (χ0) is 17.2. The SMILES string of the molecule is CS(=O)(=O)c1ccc(OCc2ccc(-c3nocc3N)cc2)cc1. The number of hydrogen-bond donors (Lipinski definition) is 1. The molecule has 0 saturated heterocycles. The minimum atomic E-state index is -3.20. The topological polar surface area (TPSA) is 95.4 Å². The standard InChI is InChI=1S/C17H16N2O4S/c1-24(20,21)15-8-6-14(7-9-15)22-10-12-2-4-13(5-3-12)17-16(18)11-23-19-17/h2-9,11H,10,18H2,1H3. The van der Waals surface area contributed by atoms with Gasteiger partial charge in [0.2, 0.25) is 0 Å². The van der Waals surface area contributed by atoms with Gasteiger partial charge in [-0.3, -0.25) is 0 Å². The number of anilines is 1. The number of nitrogens with two attached hydrogens (primary N) is 1. The van der Waals surface area contributed by atoms with Crippen LogP contribution in [-0.4, -0.2) is 19.8 Å². The summed E-state index contributed by atoms with van der Waals surface area (Å²) in [6, 6.07) is 13.9. The highest BCUT2D eigenvalue weighted by atomic mass is 32.2. The van der Waals surface area contributed by atoms with Crippen LogP contribution in [0.1, 0.15) is 5.56 Å². The van der Waals surface area contributed by atoms with E-state index in [4.69, 9.17) is 15.0 Å². The van der Waals surface area contributed by atoms with Gasteiger partial charge in [-0.15, -0.1) is 0 Å². The first-order chi connectivity index (χ1) is 11.4. The lowest BCUT2D eigenvalue weighted by Crippen LogP contribution is -1.98. The van der Waals surface area contributed by atoms with Crippen LogP contribution in [0.25, 0.3) is 11.3 Å². The molecule has 0 atom stereocenters. The van der Waals surface area contributed by atoms with E-state index in [2.05, 4.69) is 5.16 Å². The maximum atomic E-state index is 11.4. The molecule has 1 aromatic heterocycles. The molecule has 0 unspecified atom stereocenters. The van der Waals surface area contributed by atoms with Gasteiger partial charge in [0.1, 0.15) is 30.0 Å². The maximum Gasteiger partial charge on any atom is 0.175 e. The normalized spacial score (nSPS) is 11.4. The van der Waals surface area contributed by atoms with E-state index in [-0.39, 0.29) is 4.90 Å². The van der Waals surface area contributed by atoms with Crippen molar-refractivity contribution in [1.29, 1.82) is 0 Å². The number of nitrogens with zero attached hydrogens (tertiary/aromatic N) is 1. The summed E-state index contributed by atoms with van der Waals surface area (Å²) in [5, 5.41) is 3.86. The van der Waals surface area contributed by atoms with Crippen molar-refractivity contribution in [2.24, 2.45) is 0 Å². The molecule has 0 amide bonds. The molecule has 6 nitrogen and oxygen atoms in total. The van der Waals surface area contributed by atoms with Crippen molar-refractivity contribution in [3.05, 3.63) is 60.4 Å². The van der Waals surface area contributed by atoms with Gasteiger partial charge in [-0.05, 0) is 29.8 Å². The second-order valence-electron chi connectivity index (χ2n) is 5.35. The van der Waals surface area contributed by atoms with E-state index in [0.717, 1.165) is 11.1 Å². The number of aromatic nitrogens is 1. The van der Waals surface area contributed by atoms with Gasteiger partial charge < -0.3 is 15.0 Å². The first-order valence-corrected chi connectivity index (χ1v) is 9.05. The number of hydrogen-bond acceptors (Lipinski definition) is 6. The van der Waals surface area contributed by atoms with Gasteiger partial charge in [0, 0.05) is 11.8 Å². The number of ether oxygens (including phenoxy) is 1. The average Bonchev–Trinajstić information content (AvgIpc) is 2.99. The maximum absolute atomic E-state index is 11.4. The molecule has 0 fully saturated rings. The third kappa shape index (κ3) is 3.57. The zero-order valence-electron chi connectivity index (χ0n) is 13.0. The van der Waals surface area contributed by atoms with Crippen molar-refractivity contribution in [3.63, 3.8) is 0 Å². The first kappa shape index (κ1) is 16.1. The van der Waals surface area contributed by atoms with Crippen molar-refractivity contribution < 1.29 is 17.7 Å². The van der Waals surface area contributed by atoms with E-state index in [1.165, 1.54) is 24.7 Å². The molecular formula is C17H16N2O4S. The van der Waals surface area contributed by atoms with Gasteiger partial charge in [-0.1, -0.05) is 29.4 Å². The zero-order valence-corrected chi connectivity index (χ0v) is 13.8. The summed E-state index contributed by atoms with van der Waals surface area (Å²) in [6.45, 7) is 0.368. The summed E-state index contributed by atoms with van der Waals surface area (Å²) in [4.78, 5) is 0.268. The largest absolute Gasteiger partial charge is 0.489 e. The Kier molecular flexibility index (Phi) is 4.26. The fraction of sp³-hybridized carbons (Fsp3) is 0.118. The second kappa shape index (κ2) is 6.37. The molecule has 7 heteroatoms. The van der Waals surface area contributed by atoms with E-state index < -0.39 is 9.84 Å². The Morgan fingerprint density at radius 2 is 1.75 bits per heavy atom. The number of rotatable bonds is 5. The van der Waals surface area contributed by atoms with Crippen LogP contribution in [0.4, 0.5) is 5.69 Å². The fourth-order valence-electron chi connectivity index (χ4n) is 2.17. The molecule has 0 aliphatic heterocycles. The van der Waals surface area contributed by atoms with E-state index in [1.807, 2.05) is 24.3 Å². The van der Waals surface area contributed by atoms with Crippen LogP contribution in [0.2, 0.25) is 0 Å². The van der Waals surface area contributed by atoms with Crippen LogP contribution < -0.4 is 10.5 Å².